The Morgan fingerprint density at radius 2 is 2.06 bits per heavy atom. The molecule has 1 aliphatic heterocycles. The van der Waals surface area contributed by atoms with Gasteiger partial charge in [0.1, 0.15) is 0 Å². The van der Waals surface area contributed by atoms with Crippen LogP contribution in [0, 0.1) is 5.82 Å². The summed E-state index contributed by atoms with van der Waals surface area (Å²) in [6, 6.07) is 10.5. The summed E-state index contributed by atoms with van der Waals surface area (Å²) in [5, 5.41) is 3.28. The van der Waals surface area contributed by atoms with Gasteiger partial charge in [-0.1, -0.05) is 0 Å². The first-order valence-electron chi connectivity index (χ1n) is 5.40. The van der Waals surface area contributed by atoms with Crippen molar-refractivity contribution in [3.05, 3.63) is 42.2 Å². The van der Waals surface area contributed by atoms with Gasteiger partial charge in [-0.2, -0.15) is 0 Å². The predicted octanol–water partition coefficient (Wildman–Crippen LogP) is 2.24. The second-order valence-corrected chi connectivity index (χ2v) is 8.88. The summed E-state index contributed by atoms with van der Waals surface area (Å²) in [7, 11) is 8.19. The molecule has 0 fully saturated rings. The van der Waals surface area contributed by atoms with Gasteiger partial charge >= 0.3 is 113 Å². The molecule has 0 spiro atoms. The summed E-state index contributed by atoms with van der Waals surface area (Å²) in [5.74, 6) is 0.518. The van der Waals surface area contributed by atoms with Gasteiger partial charge in [0.25, 0.3) is 0 Å². The summed E-state index contributed by atoms with van der Waals surface area (Å²) in [6.07, 6.45) is 0. The van der Waals surface area contributed by atoms with Crippen LogP contribution in [0.4, 0.5) is 15.8 Å². The molecule has 92 valence electrons. The fraction of sp³-hybridized carbons (Fsp3) is 0.0769. The Bertz CT molecular complexity index is 620. The number of methoxy groups -OCH3 is 1. The molecular formula is C13H10AsClFNO. The van der Waals surface area contributed by atoms with Crippen LogP contribution in [0.25, 0.3) is 0 Å². The molecule has 0 bridgehead atoms. The van der Waals surface area contributed by atoms with E-state index < -0.39 is 13.7 Å². The molecule has 1 N–H and O–H groups in total. The molecular weight excluding hydrogens is 316 g/mol. The van der Waals surface area contributed by atoms with Crippen molar-refractivity contribution in [1.29, 1.82) is 0 Å². The Morgan fingerprint density at radius 3 is 2.83 bits per heavy atom. The fourth-order valence-corrected chi connectivity index (χ4v) is 6.45. The second-order valence-electron chi connectivity index (χ2n) is 3.92. The topological polar surface area (TPSA) is 21.3 Å². The standard InChI is InChI=1S/C13H10AsClFNO/c1-18-12-4-2-3-9-13(12)17-11-6-5-8(16)7-10(11)14(9)15/h2-7,17H,1H3. The number of nitrogens with one attached hydrogen (secondary N) is 1. The molecule has 1 heterocycles. The van der Waals surface area contributed by atoms with Gasteiger partial charge in [-0.25, -0.2) is 0 Å². The minimum atomic E-state index is -1.95. The SMILES string of the molecule is COc1cccc2c1Nc1ccc(F)cc1[As]2Cl. The predicted molar refractivity (Wildman–Crippen MR) is 73.6 cm³/mol. The van der Waals surface area contributed by atoms with Crippen LogP contribution in [-0.2, 0) is 0 Å². The maximum absolute atomic E-state index is 13.3. The third-order valence-electron chi connectivity index (χ3n) is 2.87. The summed E-state index contributed by atoms with van der Waals surface area (Å²) >= 11 is -1.95. The van der Waals surface area contributed by atoms with Crippen LogP contribution in [0.3, 0.4) is 0 Å². The van der Waals surface area contributed by atoms with Crippen molar-refractivity contribution in [2.24, 2.45) is 0 Å². The Balaban J connectivity index is 2.18. The third-order valence-corrected chi connectivity index (χ3v) is 8.09. The summed E-state index contributed by atoms with van der Waals surface area (Å²) in [4.78, 5) is 0. The molecule has 1 aliphatic rings. The average molecular weight is 326 g/mol. The van der Waals surface area contributed by atoms with Crippen molar-refractivity contribution in [1.82, 2.24) is 0 Å². The van der Waals surface area contributed by atoms with E-state index in [1.807, 2.05) is 18.2 Å². The molecule has 1 atom stereocenters. The molecule has 5 heteroatoms. The van der Waals surface area contributed by atoms with E-state index in [9.17, 15) is 4.39 Å². The number of fused-ring (bicyclic) bond motifs is 2. The van der Waals surface area contributed by atoms with Crippen molar-refractivity contribution < 1.29 is 9.13 Å². The number of benzene rings is 2. The van der Waals surface area contributed by atoms with E-state index in [2.05, 4.69) is 5.32 Å². The average Bonchev–Trinajstić information content (AvgIpc) is 2.39. The minimum absolute atomic E-state index is 0.248. The zero-order valence-electron chi connectivity index (χ0n) is 9.58. The van der Waals surface area contributed by atoms with E-state index in [0.29, 0.717) is 0 Å². The Kier molecular flexibility index (Phi) is 2.96. The van der Waals surface area contributed by atoms with Crippen LogP contribution < -0.4 is 18.8 Å². The van der Waals surface area contributed by atoms with Crippen LogP contribution in [0.5, 0.6) is 5.75 Å². The molecule has 2 nitrogen and oxygen atoms in total. The first-order valence-corrected chi connectivity index (χ1v) is 9.74. The second kappa shape index (κ2) is 4.49. The molecule has 2 aromatic carbocycles. The van der Waals surface area contributed by atoms with Gasteiger partial charge < -0.3 is 0 Å². The number of para-hydroxylation sites is 1. The first kappa shape index (κ1) is 11.9. The summed E-state index contributed by atoms with van der Waals surface area (Å²) < 4.78 is 20.6. The van der Waals surface area contributed by atoms with Gasteiger partial charge in [0.15, 0.2) is 0 Å². The first-order chi connectivity index (χ1) is 8.70. The molecule has 2 aromatic rings. The summed E-state index contributed by atoms with van der Waals surface area (Å²) in [6.45, 7) is 0. The molecule has 0 saturated carbocycles. The van der Waals surface area contributed by atoms with Gasteiger partial charge in [-0.05, 0) is 0 Å². The summed E-state index contributed by atoms with van der Waals surface area (Å²) in [5.41, 5.74) is 1.79. The molecule has 3 rings (SSSR count). The normalized spacial score (nSPS) is 16.5. The monoisotopic (exact) mass is 325 g/mol. The van der Waals surface area contributed by atoms with Crippen molar-refractivity contribution >= 4 is 43.7 Å². The van der Waals surface area contributed by atoms with Gasteiger partial charge in [0.05, 0.1) is 0 Å². The van der Waals surface area contributed by atoms with Crippen molar-refractivity contribution in [3.63, 3.8) is 0 Å². The molecule has 0 saturated heterocycles. The van der Waals surface area contributed by atoms with Crippen molar-refractivity contribution in [2.45, 2.75) is 0 Å². The number of halogens is 2. The molecule has 0 amide bonds. The van der Waals surface area contributed by atoms with Crippen LogP contribution in [0.15, 0.2) is 36.4 Å². The van der Waals surface area contributed by atoms with Crippen LogP contribution >= 0.6 is 9.95 Å². The molecule has 0 aliphatic carbocycles. The maximum atomic E-state index is 13.3. The van der Waals surface area contributed by atoms with Gasteiger partial charge in [-0.3, -0.25) is 0 Å². The van der Waals surface area contributed by atoms with E-state index in [1.165, 1.54) is 12.1 Å². The van der Waals surface area contributed by atoms with Crippen LogP contribution in [0.2, 0.25) is 0 Å². The number of hydrogen-bond donors (Lipinski definition) is 1. The number of ether oxygens (including phenoxy) is 1. The number of anilines is 2. The van der Waals surface area contributed by atoms with E-state index in [-0.39, 0.29) is 5.82 Å². The van der Waals surface area contributed by atoms with E-state index in [1.54, 1.807) is 13.2 Å². The quantitative estimate of drug-likeness (QED) is 0.812. The zero-order chi connectivity index (χ0) is 12.7. The molecule has 0 radical (unpaired) electrons. The molecule has 18 heavy (non-hydrogen) atoms. The Morgan fingerprint density at radius 1 is 1.22 bits per heavy atom. The van der Waals surface area contributed by atoms with E-state index >= 15 is 0 Å². The Labute approximate surface area is 113 Å². The number of hydrogen-bond acceptors (Lipinski definition) is 2. The van der Waals surface area contributed by atoms with E-state index in [4.69, 9.17) is 14.7 Å². The van der Waals surface area contributed by atoms with Gasteiger partial charge in [0, 0.05) is 0 Å². The van der Waals surface area contributed by atoms with Gasteiger partial charge in [-0.15, -0.1) is 0 Å². The Hall–Kier alpha value is -1.18. The van der Waals surface area contributed by atoms with Crippen LogP contribution in [-0.4, -0.2) is 20.8 Å². The number of rotatable bonds is 1. The van der Waals surface area contributed by atoms with Crippen LogP contribution in [0.1, 0.15) is 0 Å². The van der Waals surface area contributed by atoms with Gasteiger partial charge in [0.2, 0.25) is 0 Å². The fourth-order valence-electron chi connectivity index (χ4n) is 2.02. The molecule has 0 aromatic heterocycles. The van der Waals surface area contributed by atoms with Crippen molar-refractivity contribution in [3.8, 4) is 5.75 Å². The van der Waals surface area contributed by atoms with Crippen molar-refractivity contribution in [2.75, 3.05) is 12.4 Å². The van der Waals surface area contributed by atoms with E-state index in [0.717, 1.165) is 25.8 Å². The third kappa shape index (κ3) is 1.78. The molecule has 1 unspecified atom stereocenters. The zero-order valence-corrected chi connectivity index (χ0v) is 12.2.